The Morgan fingerprint density at radius 1 is 1.04 bits per heavy atom. The normalized spacial score (nSPS) is 9.59. The van der Waals surface area contributed by atoms with Gasteiger partial charge in [0.2, 0.25) is 0 Å². The fourth-order valence-electron chi connectivity index (χ4n) is 1.93. The van der Waals surface area contributed by atoms with Crippen molar-refractivity contribution in [3.8, 4) is 0 Å². The number of carbonyl (C=O) groups excluding carboxylic acids is 1. The molecule has 142 valence electrons. The van der Waals surface area contributed by atoms with Crippen LogP contribution in [-0.4, -0.2) is 41.9 Å². The van der Waals surface area contributed by atoms with E-state index in [2.05, 4.69) is 10.3 Å². The highest BCUT2D eigenvalue weighted by Gasteiger charge is 2.05. The first-order chi connectivity index (χ1) is 13.0. The maximum absolute atomic E-state index is 12.0. The lowest BCUT2D eigenvalue weighted by Gasteiger charge is -2.06. The number of fused-ring (bicyclic) bond motifs is 1. The molecule has 2 aromatic carbocycles. The summed E-state index contributed by atoms with van der Waals surface area (Å²) in [6.07, 6.45) is 1.67. The Morgan fingerprint density at radius 2 is 1.59 bits per heavy atom. The molecule has 0 bridgehead atoms. The number of pyridine rings is 1. The lowest BCUT2D eigenvalue weighted by Crippen LogP contribution is -2.28. The van der Waals surface area contributed by atoms with Crippen LogP contribution in [0.5, 0.6) is 0 Å². The topological polar surface area (TPSA) is 65.5 Å². The molecule has 0 aliphatic heterocycles. The van der Waals surface area contributed by atoms with Crippen LogP contribution >= 0.6 is 0 Å². The van der Waals surface area contributed by atoms with Crippen molar-refractivity contribution in [2.24, 2.45) is 0 Å². The van der Waals surface area contributed by atoms with Gasteiger partial charge in [0.15, 0.2) is 0 Å². The molecule has 27 heavy (non-hydrogen) atoms. The van der Waals surface area contributed by atoms with Crippen LogP contribution in [0.25, 0.3) is 10.9 Å². The van der Waals surface area contributed by atoms with Crippen LogP contribution in [0.4, 0.5) is 5.69 Å². The van der Waals surface area contributed by atoms with Crippen LogP contribution in [0.3, 0.4) is 0 Å². The van der Waals surface area contributed by atoms with E-state index >= 15 is 0 Å². The second-order valence-corrected chi connectivity index (χ2v) is 5.83. The fraction of sp³-hybridized carbons (Fsp3) is 0.238. The molecule has 2 N–H and O–H groups in total. The minimum absolute atomic E-state index is 0.127. The van der Waals surface area contributed by atoms with Gasteiger partial charge in [-0.05, 0) is 45.2 Å². The zero-order valence-electron chi connectivity index (χ0n) is 16.7. The fourth-order valence-corrected chi connectivity index (χ4v) is 1.93. The average molecular weight is 365 g/mol. The molecule has 0 atom stereocenters. The van der Waals surface area contributed by atoms with Gasteiger partial charge in [0, 0.05) is 10.9 Å². The van der Waals surface area contributed by atoms with Crippen molar-refractivity contribution < 1.29 is 9.82 Å². The SMILES string of the molecule is CB(O)N(C)C.CC.O=C(Nc1cnc2ccccc2c1)c1ccccc1. The molecule has 3 aromatic rings. The van der Waals surface area contributed by atoms with Crippen LogP contribution in [0.15, 0.2) is 66.9 Å². The quantitative estimate of drug-likeness (QED) is 0.684. The molecule has 0 saturated heterocycles. The summed E-state index contributed by atoms with van der Waals surface area (Å²) in [5.74, 6) is -0.127. The Labute approximate surface area is 162 Å². The van der Waals surface area contributed by atoms with E-state index in [1.54, 1.807) is 30.0 Å². The third-order valence-electron chi connectivity index (χ3n) is 3.63. The lowest BCUT2D eigenvalue weighted by molar-refractivity contribution is 0.102. The van der Waals surface area contributed by atoms with Gasteiger partial charge in [-0.3, -0.25) is 9.78 Å². The second kappa shape index (κ2) is 11.8. The Morgan fingerprint density at radius 3 is 2.19 bits per heavy atom. The van der Waals surface area contributed by atoms with Crippen molar-refractivity contribution in [2.75, 3.05) is 19.4 Å². The predicted molar refractivity (Wildman–Crippen MR) is 115 cm³/mol. The Bertz CT molecular complexity index is 818. The Hall–Kier alpha value is -2.70. The second-order valence-electron chi connectivity index (χ2n) is 5.83. The smallest absolute Gasteiger partial charge is 0.375 e. The van der Waals surface area contributed by atoms with E-state index < -0.39 is 0 Å². The molecule has 5 nitrogen and oxygen atoms in total. The van der Waals surface area contributed by atoms with Gasteiger partial charge >= 0.3 is 7.05 Å². The highest BCUT2D eigenvalue weighted by molar-refractivity contribution is 6.45. The summed E-state index contributed by atoms with van der Waals surface area (Å²) in [5.41, 5.74) is 2.25. The molecule has 1 heterocycles. The minimum atomic E-state index is -0.315. The lowest BCUT2D eigenvalue weighted by atomic mass is 9.87. The highest BCUT2D eigenvalue weighted by Crippen LogP contribution is 2.16. The van der Waals surface area contributed by atoms with Gasteiger partial charge < -0.3 is 15.2 Å². The van der Waals surface area contributed by atoms with Crippen molar-refractivity contribution >= 4 is 29.5 Å². The van der Waals surface area contributed by atoms with Gasteiger partial charge in [-0.25, -0.2) is 0 Å². The van der Waals surface area contributed by atoms with Crippen molar-refractivity contribution in [3.63, 3.8) is 0 Å². The first-order valence-corrected chi connectivity index (χ1v) is 9.03. The standard InChI is InChI=1S/C16H12N2O.C3H10BNO.C2H6/c19-16(12-6-2-1-3-7-12)18-14-10-13-8-4-5-9-15(13)17-11-14;1-4(6)5(2)3;1-2/h1-11H,(H,18,19);6H,1-3H3;1-2H3. The predicted octanol–water partition coefficient (Wildman–Crippen LogP) is 4.17. The van der Waals surface area contributed by atoms with E-state index in [0.717, 1.165) is 10.9 Å². The largest absolute Gasteiger partial charge is 0.437 e. The first-order valence-electron chi connectivity index (χ1n) is 9.03. The zero-order chi connectivity index (χ0) is 20.2. The van der Waals surface area contributed by atoms with E-state index in [9.17, 15) is 4.79 Å². The third-order valence-corrected chi connectivity index (χ3v) is 3.63. The number of hydrogen-bond donors (Lipinski definition) is 2. The van der Waals surface area contributed by atoms with Crippen molar-refractivity contribution in [1.29, 1.82) is 0 Å². The summed E-state index contributed by atoms with van der Waals surface area (Å²) in [4.78, 5) is 18.0. The zero-order valence-corrected chi connectivity index (χ0v) is 16.7. The molecule has 0 unspecified atom stereocenters. The number of rotatable bonds is 3. The van der Waals surface area contributed by atoms with E-state index in [0.29, 0.717) is 11.3 Å². The number of benzene rings is 2. The van der Waals surface area contributed by atoms with Crippen LogP contribution < -0.4 is 5.32 Å². The monoisotopic (exact) mass is 365 g/mol. The molecule has 6 heteroatoms. The molecule has 0 aliphatic carbocycles. The molecule has 1 aromatic heterocycles. The van der Waals surface area contributed by atoms with Gasteiger partial charge in [-0.15, -0.1) is 0 Å². The van der Waals surface area contributed by atoms with Crippen LogP contribution in [0.1, 0.15) is 24.2 Å². The van der Waals surface area contributed by atoms with Gasteiger partial charge in [-0.1, -0.05) is 50.2 Å². The molecular formula is C21H28BN3O2. The van der Waals surface area contributed by atoms with Gasteiger partial charge in [-0.2, -0.15) is 0 Å². The number of carbonyl (C=O) groups is 1. The summed E-state index contributed by atoms with van der Waals surface area (Å²) in [7, 11) is 3.33. The number of nitrogens with one attached hydrogen (secondary N) is 1. The third kappa shape index (κ3) is 7.60. The van der Waals surface area contributed by atoms with E-state index in [1.807, 2.05) is 76.5 Å². The highest BCUT2D eigenvalue weighted by atomic mass is 16.2. The first kappa shape index (κ1) is 22.3. The molecule has 0 fully saturated rings. The van der Waals surface area contributed by atoms with Gasteiger partial charge in [0.05, 0.1) is 17.4 Å². The molecule has 0 radical (unpaired) electrons. The average Bonchev–Trinajstić information content (AvgIpc) is 2.70. The number of amides is 1. The molecule has 3 rings (SSSR count). The van der Waals surface area contributed by atoms with Gasteiger partial charge in [0.25, 0.3) is 5.91 Å². The van der Waals surface area contributed by atoms with E-state index in [-0.39, 0.29) is 13.0 Å². The maximum atomic E-state index is 12.0. The molecular weight excluding hydrogens is 337 g/mol. The number of anilines is 1. The summed E-state index contributed by atoms with van der Waals surface area (Å²) in [5, 5.41) is 12.4. The van der Waals surface area contributed by atoms with Crippen LogP contribution in [-0.2, 0) is 0 Å². The van der Waals surface area contributed by atoms with E-state index in [4.69, 9.17) is 5.02 Å². The van der Waals surface area contributed by atoms with Gasteiger partial charge in [0.1, 0.15) is 0 Å². The Balaban J connectivity index is 0.000000392. The summed E-state index contributed by atoms with van der Waals surface area (Å²) < 4.78 is 0. The molecule has 1 amide bonds. The maximum Gasteiger partial charge on any atom is 0.375 e. The molecule has 0 spiro atoms. The molecule has 0 saturated carbocycles. The summed E-state index contributed by atoms with van der Waals surface area (Å²) in [6, 6.07) is 18.9. The van der Waals surface area contributed by atoms with Crippen molar-refractivity contribution in [3.05, 3.63) is 72.4 Å². The number of nitrogens with zero attached hydrogens (tertiary/aromatic N) is 2. The summed E-state index contributed by atoms with van der Waals surface area (Å²) in [6.45, 7) is 5.72. The number of para-hydroxylation sites is 1. The van der Waals surface area contributed by atoms with E-state index in [1.165, 1.54) is 0 Å². The Kier molecular flexibility index (Phi) is 9.79. The summed E-state index contributed by atoms with van der Waals surface area (Å²) >= 11 is 0. The minimum Gasteiger partial charge on any atom is -0.437 e. The number of hydrogen-bond acceptors (Lipinski definition) is 4. The van der Waals surface area contributed by atoms with Crippen molar-refractivity contribution in [1.82, 2.24) is 9.79 Å². The van der Waals surface area contributed by atoms with Crippen LogP contribution in [0.2, 0.25) is 6.82 Å². The van der Waals surface area contributed by atoms with Crippen molar-refractivity contribution in [2.45, 2.75) is 20.7 Å². The molecule has 0 aliphatic rings. The van der Waals surface area contributed by atoms with Crippen LogP contribution in [0, 0.1) is 0 Å². The number of aromatic nitrogens is 1.